The van der Waals surface area contributed by atoms with Gasteiger partial charge in [-0.2, -0.15) is 0 Å². The molecule has 0 unspecified atom stereocenters. The highest BCUT2D eigenvalue weighted by atomic mass is 16.5. The van der Waals surface area contributed by atoms with Crippen LogP contribution in [0.5, 0.6) is 5.75 Å². The Morgan fingerprint density at radius 3 is 1.53 bits per heavy atom. The van der Waals surface area contributed by atoms with Gasteiger partial charge < -0.3 is 20.4 Å². The molecule has 0 amide bonds. The summed E-state index contributed by atoms with van der Waals surface area (Å²) < 4.78 is 0. The van der Waals surface area contributed by atoms with E-state index in [4.69, 9.17) is 15.3 Å². The van der Waals surface area contributed by atoms with Crippen LogP contribution in [-0.4, -0.2) is 34.2 Å². The van der Waals surface area contributed by atoms with E-state index in [1.807, 2.05) is 0 Å². The van der Waals surface area contributed by atoms with Gasteiger partial charge in [-0.1, -0.05) is 121 Å². The second kappa shape index (κ2) is 22.6. The van der Waals surface area contributed by atoms with E-state index in [0.29, 0.717) is 0 Å². The molecule has 1 aromatic rings. The number of carboxylic acid groups (broad SMARTS) is 1. The van der Waals surface area contributed by atoms with E-state index in [-0.39, 0.29) is 5.56 Å². The third-order valence-electron chi connectivity index (χ3n) is 5.55. The van der Waals surface area contributed by atoms with Crippen LogP contribution in [0.4, 0.5) is 0 Å². The number of aliphatic hydroxyl groups excluding tert-OH is 1. The molecular weight excluding hydrogens is 406 g/mol. The summed E-state index contributed by atoms with van der Waals surface area (Å²) in [6.45, 7) is 3.11. The van der Waals surface area contributed by atoms with Crippen LogP contribution in [0, 0.1) is 0 Å². The average molecular weight is 454 g/mol. The molecular formula is C26H47NO5. The highest BCUT2D eigenvalue weighted by molar-refractivity contribution is 5.90. The third-order valence-corrected chi connectivity index (χ3v) is 5.55. The molecule has 0 atom stereocenters. The van der Waals surface area contributed by atoms with Crippen LogP contribution < -0.4 is 10.4 Å². The quantitative estimate of drug-likeness (QED) is 0.181. The van der Waals surface area contributed by atoms with E-state index in [9.17, 15) is 9.90 Å². The van der Waals surface area contributed by atoms with Crippen LogP contribution in [0.2, 0.25) is 0 Å². The lowest BCUT2D eigenvalue weighted by atomic mass is 10.0. The van der Waals surface area contributed by atoms with Crippen molar-refractivity contribution in [3.63, 3.8) is 0 Å². The number of hydrogen-bond acceptors (Lipinski definition) is 4. The molecule has 0 heterocycles. The van der Waals surface area contributed by atoms with E-state index >= 15 is 0 Å². The topological polar surface area (TPSA) is 117 Å². The van der Waals surface area contributed by atoms with Gasteiger partial charge >= 0.3 is 12.4 Å². The summed E-state index contributed by atoms with van der Waals surface area (Å²) in [5, 5.41) is 38.0. The third kappa shape index (κ3) is 20.3. The first kappa shape index (κ1) is 30.4. The maximum atomic E-state index is 10.7. The Hall–Kier alpha value is -1.63. The van der Waals surface area contributed by atoms with Gasteiger partial charge in [0, 0.05) is 0 Å². The summed E-state index contributed by atoms with van der Waals surface area (Å²) in [5.41, 5.74) is -0.178. The number of rotatable bonds is 19. The van der Waals surface area contributed by atoms with Crippen molar-refractivity contribution in [3.8, 4) is 5.75 Å². The Morgan fingerprint density at radius 1 is 0.781 bits per heavy atom. The molecule has 1 rings (SSSR count). The lowest BCUT2D eigenvalue weighted by Crippen LogP contribution is -2.90. The number of para-hydroxylation sites is 1. The standard InChI is InChI=1S/C19H41NO2.C7H6O3/c1-2-3-4-5-6-7-8-9-10-11-12-13-14-15-16-17-18-20-19(21)22;8-6-4-2-1-3-5(6)7(9)10/h19-22H,2-18H2,1H3;1-4,8H,(H,9,10). The molecule has 0 spiro atoms. The van der Waals surface area contributed by atoms with E-state index in [1.165, 1.54) is 121 Å². The van der Waals surface area contributed by atoms with Crippen molar-refractivity contribution in [2.45, 2.75) is 116 Å². The Balaban J connectivity index is 0.000000792. The number of aliphatic hydroxyl groups is 2. The fourth-order valence-electron chi connectivity index (χ4n) is 3.60. The fraction of sp³-hybridized carbons (Fsp3) is 0.731. The van der Waals surface area contributed by atoms with Crippen molar-refractivity contribution < 1.29 is 30.5 Å². The fourth-order valence-corrected chi connectivity index (χ4v) is 3.60. The molecule has 0 aliphatic rings. The van der Waals surface area contributed by atoms with Crippen molar-refractivity contribution >= 4 is 5.97 Å². The monoisotopic (exact) mass is 453 g/mol. The Labute approximate surface area is 195 Å². The minimum Gasteiger partial charge on any atom is -0.872 e. The normalized spacial score (nSPS) is 10.8. The maximum Gasteiger partial charge on any atom is 0.335 e. The molecule has 0 aliphatic carbocycles. The van der Waals surface area contributed by atoms with E-state index in [2.05, 4.69) is 6.92 Å². The SMILES string of the molecule is CCCCCCCCCCCCCCCCCC[NH2+]C(O)O.O=C(O)c1ccccc1[O-]. The Kier molecular flexibility index (Phi) is 21.4. The molecule has 0 radical (unpaired) electrons. The van der Waals surface area contributed by atoms with Gasteiger partial charge in [-0.25, -0.2) is 4.79 Å². The van der Waals surface area contributed by atoms with Crippen molar-refractivity contribution in [1.82, 2.24) is 0 Å². The zero-order valence-electron chi connectivity index (χ0n) is 20.1. The van der Waals surface area contributed by atoms with E-state index in [0.717, 1.165) is 13.0 Å². The predicted octanol–water partition coefficient (Wildman–Crippen LogP) is 4.54. The molecule has 186 valence electrons. The van der Waals surface area contributed by atoms with Gasteiger partial charge in [-0.15, -0.1) is 0 Å². The first-order chi connectivity index (χ1) is 15.5. The van der Waals surface area contributed by atoms with Gasteiger partial charge in [0.15, 0.2) is 0 Å². The Morgan fingerprint density at radius 2 is 1.19 bits per heavy atom. The zero-order chi connectivity index (χ0) is 23.9. The molecule has 0 fully saturated rings. The van der Waals surface area contributed by atoms with Crippen molar-refractivity contribution in [2.24, 2.45) is 0 Å². The lowest BCUT2D eigenvalue weighted by Gasteiger charge is -2.07. The van der Waals surface area contributed by atoms with Gasteiger partial charge in [-0.3, -0.25) is 5.32 Å². The molecule has 32 heavy (non-hydrogen) atoms. The van der Waals surface area contributed by atoms with Crippen LogP contribution in [0.15, 0.2) is 24.3 Å². The highest BCUT2D eigenvalue weighted by Crippen LogP contribution is 2.13. The maximum absolute atomic E-state index is 10.7. The van der Waals surface area contributed by atoms with Gasteiger partial charge in [0.25, 0.3) is 0 Å². The van der Waals surface area contributed by atoms with Crippen LogP contribution in [0.25, 0.3) is 0 Å². The molecule has 0 aliphatic heterocycles. The molecule has 6 heteroatoms. The summed E-state index contributed by atoms with van der Waals surface area (Å²) in [4.78, 5) is 10.2. The number of hydrogen-bond donors (Lipinski definition) is 4. The van der Waals surface area contributed by atoms with Crippen LogP contribution in [0.3, 0.4) is 0 Å². The van der Waals surface area contributed by atoms with Gasteiger partial charge in [-0.05, 0) is 18.9 Å². The van der Waals surface area contributed by atoms with Crippen molar-refractivity contribution in [3.05, 3.63) is 29.8 Å². The molecule has 0 bridgehead atoms. The van der Waals surface area contributed by atoms with Crippen LogP contribution in [0.1, 0.15) is 120 Å². The minimum absolute atomic E-state index is 0.178. The summed E-state index contributed by atoms with van der Waals surface area (Å²) in [5.74, 6) is -1.62. The highest BCUT2D eigenvalue weighted by Gasteiger charge is 2.00. The number of nitrogens with two attached hydrogens (primary N) is 1. The first-order valence-electron chi connectivity index (χ1n) is 12.7. The van der Waals surface area contributed by atoms with Crippen molar-refractivity contribution in [1.29, 1.82) is 0 Å². The van der Waals surface area contributed by atoms with E-state index in [1.54, 1.807) is 5.32 Å². The van der Waals surface area contributed by atoms with Crippen LogP contribution >= 0.6 is 0 Å². The summed E-state index contributed by atoms with van der Waals surface area (Å²) in [7, 11) is 0. The van der Waals surface area contributed by atoms with E-state index < -0.39 is 18.1 Å². The summed E-state index contributed by atoms with van der Waals surface area (Å²) in [6, 6.07) is 5.54. The largest absolute Gasteiger partial charge is 0.872 e. The number of benzene rings is 1. The molecule has 5 N–H and O–H groups in total. The molecule has 1 aromatic carbocycles. The zero-order valence-corrected chi connectivity index (χ0v) is 20.1. The number of quaternary nitrogens is 1. The summed E-state index contributed by atoms with van der Waals surface area (Å²) in [6.07, 6.45) is 20.8. The van der Waals surface area contributed by atoms with Gasteiger partial charge in [0.2, 0.25) is 0 Å². The number of unbranched alkanes of at least 4 members (excludes halogenated alkanes) is 15. The average Bonchev–Trinajstić information content (AvgIpc) is 2.76. The Bertz CT molecular complexity index is 551. The second-order valence-electron chi connectivity index (χ2n) is 8.54. The smallest absolute Gasteiger partial charge is 0.335 e. The van der Waals surface area contributed by atoms with Crippen LogP contribution in [-0.2, 0) is 0 Å². The lowest BCUT2D eigenvalue weighted by molar-refractivity contribution is -0.762. The first-order valence-corrected chi connectivity index (χ1v) is 12.7. The molecule has 0 aromatic heterocycles. The van der Waals surface area contributed by atoms with Gasteiger partial charge in [0.1, 0.15) is 0 Å². The molecule has 0 saturated carbocycles. The number of aromatic carboxylic acids is 1. The van der Waals surface area contributed by atoms with Crippen molar-refractivity contribution in [2.75, 3.05) is 6.54 Å². The predicted molar refractivity (Wildman–Crippen MR) is 127 cm³/mol. The molecule has 6 nitrogen and oxygen atoms in total. The van der Waals surface area contributed by atoms with Gasteiger partial charge in [0.05, 0.1) is 12.1 Å². The molecule has 0 saturated heterocycles. The summed E-state index contributed by atoms with van der Waals surface area (Å²) >= 11 is 0. The second-order valence-corrected chi connectivity index (χ2v) is 8.54. The minimum atomic E-state index is -1.23. The number of carbonyl (C=O) groups is 1. The number of carboxylic acids is 1.